The standard InChI is InChI=1S/C6H14O4.C4H10O.C4H6/c7-1-3-9-5-6-10-4-2-8;1-3-5-4-2;1-3-4-2/h7-8H,1-6H2;3-4H2,1-2H3;3-4H,1-2H2. The molecule has 116 valence electrons. The highest BCUT2D eigenvalue weighted by Gasteiger charge is 1.86. The molecule has 0 rings (SSSR count). The summed E-state index contributed by atoms with van der Waals surface area (Å²) in [5.74, 6) is 0. The molecule has 0 bridgehead atoms. The number of hydrogen-bond donors (Lipinski definition) is 2. The second-order valence-electron chi connectivity index (χ2n) is 2.92. The van der Waals surface area contributed by atoms with Gasteiger partial charge in [0.2, 0.25) is 0 Å². The summed E-state index contributed by atoms with van der Waals surface area (Å²) >= 11 is 0. The molecule has 0 saturated heterocycles. The highest BCUT2D eigenvalue weighted by molar-refractivity contribution is 4.88. The molecule has 19 heavy (non-hydrogen) atoms. The van der Waals surface area contributed by atoms with Gasteiger partial charge in [-0.15, -0.1) is 0 Å². The highest BCUT2D eigenvalue weighted by atomic mass is 16.5. The van der Waals surface area contributed by atoms with Crippen molar-refractivity contribution in [2.75, 3.05) is 52.9 Å². The Balaban J connectivity index is -0.000000238. The molecule has 0 radical (unpaired) electrons. The maximum atomic E-state index is 8.26. The predicted molar refractivity (Wildman–Crippen MR) is 78.4 cm³/mol. The lowest BCUT2D eigenvalue weighted by Gasteiger charge is -2.01. The van der Waals surface area contributed by atoms with Crippen LogP contribution < -0.4 is 0 Å². The number of aliphatic hydroxyl groups excluding tert-OH is 2. The smallest absolute Gasteiger partial charge is 0.0701 e. The lowest BCUT2D eigenvalue weighted by molar-refractivity contribution is 0.0222. The fourth-order valence-corrected chi connectivity index (χ4v) is 0.655. The number of aliphatic hydroxyl groups is 2. The first kappa shape index (κ1) is 23.4. The summed E-state index contributed by atoms with van der Waals surface area (Å²) in [4.78, 5) is 0. The van der Waals surface area contributed by atoms with E-state index in [4.69, 9.17) is 24.4 Å². The first-order valence-corrected chi connectivity index (χ1v) is 6.43. The van der Waals surface area contributed by atoms with Crippen LogP contribution in [0.1, 0.15) is 13.8 Å². The lowest BCUT2D eigenvalue weighted by atomic mass is 10.6. The SMILES string of the molecule is C=CC=C.CCOCC.OCCOCCOCCO. The normalized spacial score (nSPS) is 8.63. The van der Waals surface area contributed by atoms with Gasteiger partial charge in [0.1, 0.15) is 0 Å². The molecule has 0 aromatic carbocycles. The van der Waals surface area contributed by atoms with Crippen LogP contribution in [0.3, 0.4) is 0 Å². The van der Waals surface area contributed by atoms with Crippen molar-refractivity contribution in [2.45, 2.75) is 13.8 Å². The second-order valence-corrected chi connectivity index (χ2v) is 2.92. The molecular weight excluding hydrogens is 248 g/mol. The van der Waals surface area contributed by atoms with Gasteiger partial charge in [0.15, 0.2) is 0 Å². The molecule has 0 spiro atoms. The predicted octanol–water partition coefficient (Wildman–Crippen LogP) is 1.41. The number of hydrogen-bond acceptors (Lipinski definition) is 5. The molecule has 5 nitrogen and oxygen atoms in total. The van der Waals surface area contributed by atoms with Crippen molar-refractivity contribution in [3.63, 3.8) is 0 Å². The zero-order valence-electron chi connectivity index (χ0n) is 12.3. The Kier molecular flexibility index (Phi) is 37.4. The highest BCUT2D eigenvalue weighted by Crippen LogP contribution is 1.76. The largest absolute Gasteiger partial charge is 0.394 e. The summed E-state index contributed by atoms with van der Waals surface area (Å²) in [6, 6.07) is 0. The van der Waals surface area contributed by atoms with Gasteiger partial charge >= 0.3 is 0 Å². The summed E-state index contributed by atoms with van der Waals surface area (Å²) in [5, 5.41) is 16.5. The van der Waals surface area contributed by atoms with Crippen molar-refractivity contribution in [3.05, 3.63) is 25.3 Å². The molecular formula is C14H30O5. The van der Waals surface area contributed by atoms with E-state index in [1.54, 1.807) is 12.2 Å². The topological polar surface area (TPSA) is 68.2 Å². The third-order valence-electron chi connectivity index (χ3n) is 1.42. The quantitative estimate of drug-likeness (QED) is 0.467. The fraction of sp³-hybridized carbons (Fsp3) is 0.714. The van der Waals surface area contributed by atoms with Gasteiger partial charge in [-0.1, -0.05) is 25.3 Å². The molecule has 0 saturated carbocycles. The zero-order chi connectivity index (χ0) is 15.2. The Morgan fingerprint density at radius 1 is 0.737 bits per heavy atom. The van der Waals surface area contributed by atoms with E-state index in [0.717, 1.165) is 13.2 Å². The summed E-state index contributed by atoms with van der Waals surface area (Å²) in [6.07, 6.45) is 3.28. The fourth-order valence-electron chi connectivity index (χ4n) is 0.655. The zero-order valence-corrected chi connectivity index (χ0v) is 12.3. The number of ether oxygens (including phenoxy) is 3. The Labute approximate surface area is 117 Å². The Hall–Kier alpha value is -0.720. The maximum Gasteiger partial charge on any atom is 0.0701 e. The Bertz CT molecular complexity index is 135. The Morgan fingerprint density at radius 2 is 1.11 bits per heavy atom. The molecule has 0 atom stereocenters. The van der Waals surface area contributed by atoms with Gasteiger partial charge in [-0.05, 0) is 13.8 Å². The van der Waals surface area contributed by atoms with Crippen molar-refractivity contribution in [2.24, 2.45) is 0 Å². The minimum absolute atomic E-state index is 0.0417. The second kappa shape index (κ2) is 30.4. The van der Waals surface area contributed by atoms with E-state index in [9.17, 15) is 0 Å². The monoisotopic (exact) mass is 278 g/mol. The number of rotatable bonds is 10. The van der Waals surface area contributed by atoms with Gasteiger partial charge in [-0.2, -0.15) is 0 Å². The van der Waals surface area contributed by atoms with Crippen molar-refractivity contribution >= 4 is 0 Å². The van der Waals surface area contributed by atoms with Gasteiger partial charge in [0, 0.05) is 13.2 Å². The van der Waals surface area contributed by atoms with E-state index in [-0.39, 0.29) is 13.2 Å². The third-order valence-corrected chi connectivity index (χ3v) is 1.42. The van der Waals surface area contributed by atoms with E-state index >= 15 is 0 Å². The average molecular weight is 278 g/mol. The molecule has 0 fully saturated rings. The van der Waals surface area contributed by atoms with E-state index in [1.165, 1.54) is 0 Å². The summed E-state index contributed by atoms with van der Waals surface area (Å²) in [7, 11) is 0. The molecule has 0 aromatic heterocycles. The minimum Gasteiger partial charge on any atom is -0.394 e. The van der Waals surface area contributed by atoms with E-state index in [0.29, 0.717) is 26.4 Å². The van der Waals surface area contributed by atoms with Gasteiger partial charge in [0.05, 0.1) is 39.6 Å². The van der Waals surface area contributed by atoms with Crippen molar-refractivity contribution in [1.29, 1.82) is 0 Å². The van der Waals surface area contributed by atoms with Crippen LogP contribution >= 0.6 is 0 Å². The lowest BCUT2D eigenvalue weighted by Crippen LogP contribution is -2.09. The van der Waals surface area contributed by atoms with Crippen LogP contribution in [0, 0.1) is 0 Å². The van der Waals surface area contributed by atoms with E-state index < -0.39 is 0 Å². The van der Waals surface area contributed by atoms with Crippen LogP contribution in [0.15, 0.2) is 25.3 Å². The van der Waals surface area contributed by atoms with Gasteiger partial charge in [0.25, 0.3) is 0 Å². The number of allylic oxidation sites excluding steroid dienone is 2. The third kappa shape index (κ3) is 46.8. The molecule has 0 aromatic rings. The van der Waals surface area contributed by atoms with Gasteiger partial charge in [-0.3, -0.25) is 0 Å². The molecule has 0 aliphatic rings. The van der Waals surface area contributed by atoms with Crippen molar-refractivity contribution in [3.8, 4) is 0 Å². The first-order chi connectivity index (χ1) is 9.24. The van der Waals surface area contributed by atoms with Crippen LogP contribution in [0.5, 0.6) is 0 Å². The summed E-state index contributed by atoms with van der Waals surface area (Å²) in [6.45, 7) is 14.1. The van der Waals surface area contributed by atoms with Crippen LogP contribution in [0.25, 0.3) is 0 Å². The van der Waals surface area contributed by atoms with Crippen molar-refractivity contribution in [1.82, 2.24) is 0 Å². The molecule has 0 aliphatic carbocycles. The molecule has 0 heterocycles. The van der Waals surface area contributed by atoms with Crippen LogP contribution in [-0.4, -0.2) is 63.1 Å². The van der Waals surface area contributed by atoms with Crippen LogP contribution in [0.4, 0.5) is 0 Å². The minimum atomic E-state index is 0.0417. The van der Waals surface area contributed by atoms with E-state index in [2.05, 4.69) is 13.2 Å². The van der Waals surface area contributed by atoms with Crippen LogP contribution in [-0.2, 0) is 14.2 Å². The van der Waals surface area contributed by atoms with E-state index in [1.807, 2.05) is 13.8 Å². The van der Waals surface area contributed by atoms with Crippen LogP contribution in [0.2, 0.25) is 0 Å². The molecule has 2 N–H and O–H groups in total. The molecule has 5 heteroatoms. The Morgan fingerprint density at radius 3 is 1.26 bits per heavy atom. The summed E-state index contributed by atoms with van der Waals surface area (Å²) in [5.41, 5.74) is 0. The van der Waals surface area contributed by atoms with Crippen molar-refractivity contribution < 1.29 is 24.4 Å². The molecule has 0 amide bonds. The summed E-state index contributed by atoms with van der Waals surface area (Å²) < 4.78 is 14.6. The van der Waals surface area contributed by atoms with Gasteiger partial charge in [-0.25, -0.2) is 0 Å². The molecule has 0 aliphatic heterocycles. The maximum absolute atomic E-state index is 8.26. The average Bonchev–Trinajstić information content (AvgIpc) is 2.45. The van der Waals surface area contributed by atoms with Gasteiger partial charge < -0.3 is 24.4 Å². The first-order valence-electron chi connectivity index (χ1n) is 6.43. The molecule has 0 unspecified atom stereocenters.